The molecule has 8 heteroatoms. The molecule has 0 unspecified atom stereocenters. The highest BCUT2D eigenvalue weighted by atomic mass is 127. The molecule has 88 valence electrons. The van der Waals surface area contributed by atoms with E-state index >= 15 is 0 Å². The van der Waals surface area contributed by atoms with Gasteiger partial charge >= 0.3 is 6.18 Å². The van der Waals surface area contributed by atoms with E-state index in [1.165, 1.54) is 0 Å². The molecule has 1 aliphatic rings. The fraction of sp³-hybridized carbons (Fsp3) is 0.500. The van der Waals surface area contributed by atoms with Crippen LogP contribution >= 0.6 is 22.6 Å². The molecule has 0 saturated heterocycles. The topological polar surface area (TPSA) is 57.8 Å². The Balaban J connectivity index is 2.29. The lowest BCUT2D eigenvalue weighted by atomic mass is 10.2. The highest BCUT2D eigenvalue weighted by Gasteiger charge is 2.63. The SMILES string of the molecule is O=c1[nH]cnc(NC2(C(F)(F)F)CC2)c1I. The molecule has 2 N–H and O–H groups in total. The maximum atomic E-state index is 12.6. The number of anilines is 1. The maximum Gasteiger partial charge on any atom is 0.411 e. The molecular formula is C8H7F3IN3O. The molecule has 1 aromatic heterocycles. The monoisotopic (exact) mass is 345 g/mol. The molecule has 1 aliphatic carbocycles. The van der Waals surface area contributed by atoms with Crippen LogP contribution in [0.5, 0.6) is 0 Å². The van der Waals surface area contributed by atoms with Crippen molar-refractivity contribution in [1.82, 2.24) is 9.97 Å². The van der Waals surface area contributed by atoms with Gasteiger partial charge < -0.3 is 10.3 Å². The Hall–Kier alpha value is -0.800. The zero-order valence-corrected chi connectivity index (χ0v) is 10.0. The molecule has 0 bridgehead atoms. The van der Waals surface area contributed by atoms with Gasteiger partial charge in [0.1, 0.15) is 14.9 Å². The van der Waals surface area contributed by atoms with Crippen LogP contribution < -0.4 is 10.9 Å². The summed E-state index contributed by atoms with van der Waals surface area (Å²) >= 11 is 1.66. The van der Waals surface area contributed by atoms with E-state index in [4.69, 9.17) is 0 Å². The molecule has 1 saturated carbocycles. The van der Waals surface area contributed by atoms with Crippen molar-refractivity contribution in [3.05, 3.63) is 20.3 Å². The zero-order chi connectivity index (χ0) is 12.0. The predicted octanol–water partition coefficient (Wildman–Crippen LogP) is 1.88. The van der Waals surface area contributed by atoms with Gasteiger partial charge in [-0.15, -0.1) is 0 Å². The lowest BCUT2D eigenvalue weighted by molar-refractivity contribution is -0.151. The Labute approximate surface area is 102 Å². The highest BCUT2D eigenvalue weighted by Crippen LogP contribution is 2.51. The minimum atomic E-state index is -4.32. The second-order valence-corrected chi connectivity index (χ2v) is 4.68. The van der Waals surface area contributed by atoms with Crippen LogP contribution in [0.4, 0.5) is 19.0 Å². The molecule has 4 nitrogen and oxygen atoms in total. The summed E-state index contributed by atoms with van der Waals surface area (Å²) in [6.07, 6.45) is -3.21. The number of alkyl halides is 3. The van der Waals surface area contributed by atoms with Crippen molar-refractivity contribution in [2.24, 2.45) is 0 Å². The number of halogens is 4. The second kappa shape index (κ2) is 3.60. The van der Waals surface area contributed by atoms with Gasteiger partial charge in [-0.3, -0.25) is 4.79 Å². The quantitative estimate of drug-likeness (QED) is 0.805. The van der Waals surface area contributed by atoms with Gasteiger partial charge in [-0.1, -0.05) is 0 Å². The van der Waals surface area contributed by atoms with Crippen molar-refractivity contribution < 1.29 is 13.2 Å². The Morgan fingerprint density at radius 3 is 2.62 bits per heavy atom. The van der Waals surface area contributed by atoms with Crippen molar-refractivity contribution in [2.45, 2.75) is 24.6 Å². The standard InChI is InChI=1S/C8H7F3IN3O/c9-8(10,11)7(1-2-7)15-5-4(12)6(16)14-3-13-5/h3H,1-2H2,(H2,13,14,15,16). The van der Waals surface area contributed by atoms with E-state index in [2.05, 4.69) is 15.3 Å². The fourth-order valence-electron chi connectivity index (χ4n) is 1.30. The predicted molar refractivity (Wildman–Crippen MR) is 59.2 cm³/mol. The minimum Gasteiger partial charge on any atom is -0.355 e. The summed E-state index contributed by atoms with van der Waals surface area (Å²) in [6.45, 7) is 0. The normalized spacial score (nSPS) is 18.2. The highest BCUT2D eigenvalue weighted by molar-refractivity contribution is 14.1. The number of aromatic amines is 1. The number of nitrogens with zero attached hydrogens (tertiary/aromatic N) is 1. The first-order valence-electron chi connectivity index (χ1n) is 4.44. The van der Waals surface area contributed by atoms with Crippen molar-refractivity contribution in [3.8, 4) is 0 Å². The Morgan fingerprint density at radius 1 is 1.50 bits per heavy atom. The fourth-order valence-corrected chi connectivity index (χ4v) is 1.73. The van der Waals surface area contributed by atoms with Gasteiger partial charge in [0.05, 0.1) is 6.33 Å². The number of rotatable bonds is 2. The summed E-state index contributed by atoms with van der Waals surface area (Å²) in [5, 5.41) is 2.31. The molecule has 1 fully saturated rings. The Morgan fingerprint density at radius 2 is 2.12 bits per heavy atom. The molecule has 1 heterocycles. The first-order chi connectivity index (χ1) is 7.36. The van der Waals surface area contributed by atoms with E-state index < -0.39 is 17.3 Å². The van der Waals surface area contributed by atoms with E-state index in [1.807, 2.05) is 0 Å². The summed E-state index contributed by atoms with van der Waals surface area (Å²) in [4.78, 5) is 17.2. The third-order valence-corrected chi connectivity index (χ3v) is 3.45. The van der Waals surface area contributed by atoms with Gasteiger partial charge in [-0.2, -0.15) is 13.2 Å². The van der Waals surface area contributed by atoms with Crippen LogP contribution in [0.3, 0.4) is 0 Å². The molecule has 0 atom stereocenters. The summed E-state index contributed by atoms with van der Waals surface area (Å²) in [5.74, 6) is -0.0147. The van der Waals surface area contributed by atoms with Crippen LogP contribution in [0.15, 0.2) is 11.1 Å². The van der Waals surface area contributed by atoms with Crippen molar-refractivity contribution >= 4 is 28.4 Å². The summed E-state index contributed by atoms with van der Waals surface area (Å²) < 4.78 is 38.0. The molecule has 0 radical (unpaired) electrons. The van der Waals surface area contributed by atoms with E-state index in [-0.39, 0.29) is 22.2 Å². The van der Waals surface area contributed by atoms with Crippen LogP contribution in [0.2, 0.25) is 0 Å². The van der Waals surface area contributed by atoms with Crippen molar-refractivity contribution in [1.29, 1.82) is 0 Å². The van der Waals surface area contributed by atoms with Crippen molar-refractivity contribution in [3.63, 3.8) is 0 Å². The molecule has 0 aliphatic heterocycles. The van der Waals surface area contributed by atoms with Gasteiger partial charge in [-0.05, 0) is 35.4 Å². The Kier molecular flexibility index (Phi) is 2.63. The first-order valence-corrected chi connectivity index (χ1v) is 5.52. The zero-order valence-electron chi connectivity index (χ0n) is 7.86. The summed E-state index contributed by atoms with van der Waals surface area (Å²) in [5.41, 5.74) is -2.34. The average Bonchev–Trinajstić information content (AvgIpc) is 2.93. The molecular weight excluding hydrogens is 338 g/mol. The van der Waals surface area contributed by atoms with Crippen LogP contribution in [-0.4, -0.2) is 21.7 Å². The molecule has 0 amide bonds. The smallest absolute Gasteiger partial charge is 0.355 e. The van der Waals surface area contributed by atoms with Gasteiger partial charge in [0.25, 0.3) is 5.56 Å². The number of nitrogens with one attached hydrogen (secondary N) is 2. The lowest BCUT2D eigenvalue weighted by Crippen LogP contribution is -2.39. The maximum absolute atomic E-state index is 12.6. The molecule has 2 rings (SSSR count). The lowest BCUT2D eigenvalue weighted by Gasteiger charge is -2.21. The van der Waals surface area contributed by atoms with Gasteiger partial charge in [0, 0.05) is 0 Å². The van der Waals surface area contributed by atoms with Gasteiger partial charge in [0.2, 0.25) is 0 Å². The number of hydrogen-bond donors (Lipinski definition) is 2. The third-order valence-electron chi connectivity index (χ3n) is 2.45. The molecule has 0 spiro atoms. The van der Waals surface area contributed by atoms with Crippen LogP contribution in [0.25, 0.3) is 0 Å². The Bertz CT molecular complexity index is 466. The molecule has 0 aromatic carbocycles. The number of H-pyrrole nitrogens is 1. The average molecular weight is 345 g/mol. The minimum absolute atomic E-state index is 0.0147. The molecule has 1 aromatic rings. The summed E-state index contributed by atoms with van der Waals surface area (Å²) in [7, 11) is 0. The van der Waals surface area contributed by atoms with Gasteiger partial charge in [0.15, 0.2) is 0 Å². The van der Waals surface area contributed by atoms with E-state index in [0.717, 1.165) is 6.33 Å². The second-order valence-electron chi connectivity index (χ2n) is 3.60. The first kappa shape index (κ1) is 11.7. The van der Waals surface area contributed by atoms with Crippen molar-refractivity contribution in [2.75, 3.05) is 5.32 Å². The number of hydrogen-bond acceptors (Lipinski definition) is 3. The largest absolute Gasteiger partial charge is 0.411 e. The van der Waals surface area contributed by atoms with Crippen LogP contribution in [0, 0.1) is 3.57 Å². The van der Waals surface area contributed by atoms with Gasteiger partial charge in [-0.25, -0.2) is 4.98 Å². The summed E-state index contributed by atoms with van der Waals surface area (Å²) in [6, 6.07) is 0. The van der Waals surface area contributed by atoms with E-state index in [0.29, 0.717) is 0 Å². The van der Waals surface area contributed by atoms with E-state index in [9.17, 15) is 18.0 Å². The third kappa shape index (κ3) is 1.89. The van der Waals surface area contributed by atoms with Crippen LogP contribution in [-0.2, 0) is 0 Å². The van der Waals surface area contributed by atoms with E-state index in [1.54, 1.807) is 22.6 Å². The molecule has 16 heavy (non-hydrogen) atoms. The van der Waals surface area contributed by atoms with Crippen LogP contribution in [0.1, 0.15) is 12.8 Å². The number of aromatic nitrogens is 2.